The van der Waals surface area contributed by atoms with Crippen molar-refractivity contribution in [2.24, 2.45) is 0 Å². The molecule has 0 radical (unpaired) electrons. The van der Waals surface area contributed by atoms with E-state index in [9.17, 15) is 0 Å². The summed E-state index contributed by atoms with van der Waals surface area (Å²) in [5, 5.41) is 0. The second kappa shape index (κ2) is 5.31. The summed E-state index contributed by atoms with van der Waals surface area (Å²) < 4.78 is 1.36. The average molecular weight is 211 g/mol. The van der Waals surface area contributed by atoms with Gasteiger partial charge in [-0.25, -0.2) is 0 Å². The van der Waals surface area contributed by atoms with Gasteiger partial charge in [0.15, 0.2) is 0 Å². The van der Waals surface area contributed by atoms with Crippen LogP contribution in [0.25, 0.3) is 0 Å². The first kappa shape index (κ1) is 11.4. The van der Waals surface area contributed by atoms with Crippen LogP contribution in [0.15, 0.2) is 0 Å². The summed E-state index contributed by atoms with van der Waals surface area (Å²) in [6, 6.07) is 0. The molecule has 0 atom stereocenters. The highest BCUT2D eigenvalue weighted by molar-refractivity contribution is 4.65. The van der Waals surface area contributed by atoms with Gasteiger partial charge in [-0.2, -0.15) is 0 Å². The van der Waals surface area contributed by atoms with Crippen molar-refractivity contribution >= 4 is 0 Å². The Morgan fingerprint density at radius 2 is 1.60 bits per heavy atom. The standard InChI is InChI=1S/C13H27N2/c1-15(12-6-7-13-15)11-5-4-10-14-8-2-3-9-14/h2-13H2,1H3/q+1. The Morgan fingerprint density at radius 1 is 0.933 bits per heavy atom. The van der Waals surface area contributed by atoms with E-state index >= 15 is 0 Å². The van der Waals surface area contributed by atoms with Gasteiger partial charge in [0.25, 0.3) is 0 Å². The Morgan fingerprint density at radius 3 is 2.27 bits per heavy atom. The van der Waals surface area contributed by atoms with E-state index in [1.165, 1.54) is 82.3 Å². The highest BCUT2D eigenvalue weighted by Gasteiger charge is 2.25. The number of unbranched alkanes of at least 4 members (excludes halogenated alkanes) is 1. The van der Waals surface area contributed by atoms with Crippen molar-refractivity contribution in [1.82, 2.24) is 4.90 Å². The van der Waals surface area contributed by atoms with Gasteiger partial charge in [-0.3, -0.25) is 0 Å². The fourth-order valence-corrected chi connectivity index (χ4v) is 3.16. The van der Waals surface area contributed by atoms with Gasteiger partial charge < -0.3 is 9.38 Å². The molecule has 2 saturated heterocycles. The van der Waals surface area contributed by atoms with Crippen LogP contribution in [-0.4, -0.2) is 55.7 Å². The van der Waals surface area contributed by atoms with Crippen molar-refractivity contribution in [3.05, 3.63) is 0 Å². The van der Waals surface area contributed by atoms with E-state index in [1.807, 2.05) is 0 Å². The quantitative estimate of drug-likeness (QED) is 0.497. The zero-order chi connectivity index (χ0) is 10.6. The summed E-state index contributed by atoms with van der Waals surface area (Å²) in [5.41, 5.74) is 0. The normalized spacial score (nSPS) is 26.2. The van der Waals surface area contributed by atoms with E-state index in [-0.39, 0.29) is 0 Å². The molecule has 0 amide bonds. The van der Waals surface area contributed by atoms with Crippen LogP contribution in [-0.2, 0) is 0 Å². The number of likely N-dealkylation sites (tertiary alicyclic amines) is 2. The number of hydrogen-bond donors (Lipinski definition) is 0. The summed E-state index contributed by atoms with van der Waals surface area (Å²) >= 11 is 0. The zero-order valence-electron chi connectivity index (χ0n) is 10.4. The van der Waals surface area contributed by atoms with Gasteiger partial charge in [0, 0.05) is 12.8 Å². The van der Waals surface area contributed by atoms with Crippen LogP contribution in [0.1, 0.15) is 38.5 Å². The Kier molecular flexibility index (Phi) is 4.04. The van der Waals surface area contributed by atoms with E-state index in [1.54, 1.807) is 0 Å². The van der Waals surface area contributed by atoms with Crippen molar-refractivity contribution in [3.8, 4) is 0 Å². The van der Waals surface area contributed by atoms with Crippen LogP contribution in [0, 0.1) is 0 Å². The largest absolute Gasteiger partial charge is 0.326 e. The third kappa shape index (κ3) is 3.46. The summed E-state index contributed by atoms with van der Waals surface area (Å²) in [5.74, 6) is 0. The monoisotopic (exact) mass is 211 g/mol. The van der Waals surface area contributed by atoms with Crippen molar-refractivity contribution in [2.75, 3.05) is 46.3 Å². The van der Waals surface area contributed by atoms with Crippen LogP contribution >= 0.6 is 0 Å². The molecule has 2 rings (SSSR count). The maximum atomic E-state index is 2.64. The molecule has 0 aromatic carbocycles. The fraction of sp³-hybridized carbons (Fsp3) is 1.00. The van der Waals surface area contributed by atoms with E-state index in [2.05, 4.69) is 11.9 Å². The van der Waals surface area contributed by atoms with E-state index in [0.29, 0.717) is 0 Å². The first-order valence-corrected chi connectivity index (χ1v) is 6.84. The second-order valence-corrected chi connectivity index (χ2v) is 5.75. The number of nitrogens with zero attached hydrogens (tertiary/aromatic N) is 2. The topological polar surface area (TPSA) is 3.24 Å². The lowest BCUT2D eigenvalue weighted by Gasteiger charge is -2.29. The molecular formula is C13H27N2+. The molecule has 2 nitrogen and oxygen atoms in total. The second-order valence-electron chi connectivity index (χ2n) is 5.75. The molecule has 2 aliphatic rings. The molecule has 0 bridgehead atoms. The van der Waals surface area contributed by atoms with E-state index < -0.39 is 0 Å². The first-order chi connectivity index (χ1) is 7.29. The number of rotatable bonds is 5. The van der Waals surface area contributed by atoms with Gasteiger partial charge in [0.05, 0.1) is 26.7 Å². The predicted molar refractivity (Wildman–Crippen MR) is 64.9 cm³/mol. The molecule has 0 aromatic heterocycles. The van der Waals surface area contributed by atoms with Crippen molar-refractivity contribution in [1.29, 1.82) is 0 Å². The summed E-state index contributed by atoms with van der Waals surface area (Å²) in [4.78, 5) is 2.64. The van der Waals surface area contributed by atoms with E-state index in [4.69, 9.17) is 0 Å². The summed E-state index contributed by atoms with van der Waals surface area (Å²) in [6.07, 6.45) is 8.66. The van der Waals surface area contributed by atoms with Gasteiger partial charge in [0.1, 0.15) is 0 Å². The summed E-state index contributed by atoms with van der Waals surface area (Å²) in [7, 11) is 2.45. The molecule has 2 aliphatic heterocycles. The average Bonchev–Trinajstić information content (AvgIpc) is 2.84. The fourth-order valence-electron chi connectivity index (χ4n) is 3.16. The highest BCUT2D eigenvalue weighted by atomic mass is 15.3. The minimum absolute atomic E-state index is 1.36. The maximum Gasteiger partial charge on any atom is 0.0786 e. The molecule has 0 aromatic rings. The molecule has 0 spiro atoms. The van der Waals surface area contributed by atoms with Gasteiger partial charge in [-0.05, 0) is 45.3 Å². The molecule has 15 heavy (non-hydrogen) atoms. The Labute approximate surface area is 94.8 Å². The molecule has 0 aliphatic carbocycles. The molecule has 2 heterocycles. The number of hydrogen-bond acceptors (Lipinski definition) is 1. The van der Waals surface area contributed by atoms with Gasteiger partial charge in [0.2, 0.25) is 0 Å². The van der Waals surface area contributed by atoms with Crippen LogP contribution in [0.2, 0.25) is 0 Å². The van der Waals surface area contributed by atoms with Crippen molar-refractivity contribution < 1.29 is 4.48 Å². The molecule has 88 valence electrons. The highest BCUT2D eigenvalue weighted by Crippen LogP contribution is 2.17. The minimum atomic E-state index is 1.36. The van der Waals surface area contributed by atoms with Crippen molar-refractivity contribution in [3.63, 3.8) is 0 Å². The first-order valence-electron chi connectivity index (χ1n) is 6.84. The maximum absolute atomic E-state index is 2.64. The van der Waals surface area contributed by atoms with Gasteiger partial charge >= 0.3 is 0 Å². The number of quaternary nitrogens is 1. The lowest BCUT2D eigenvalue weighted by molar-refractivity contribution is -0.897. The van der Waals surface area contributed by atoms with Gasteiger partial charge in [-0.1, -0.05) is 0 Å². The molecule has 0 unspecified atom stereocenters. The molecule has 0 N–H and O–H groups in total. The predicted octanol–water partition coefficient (Wildman–Crippen LogP) is 2.10. The van der Waals surface area contributed by atoms with Crippen LogP contribution in [0.3, 0.4) is 0 Å². The smallest absolute Gasteiger partial charge is 0.0786 e. The Hall–Kier alpha value is -0.0800. The SMILES string of the molecule is C[N+]1(CCCCN2CCCC2)CCCC1. The molecule has 2 fully saturated rings. The lowest BCUT2D eigenvalue weighted by Crippen LogP contribution is -2.41. The molecule has 0 saturated carbocycles. The van der Waals surface area contributed by atoms with Crippen LogP contribution < -0.4 is 0 Å². The third-order valence-electron chi connectivity index (χ3n) is 4.27. The van der Waals surface area contributed by atoms with Gasteiger partial charge in [-0.15, -0.1) is 0 Å². The third-order valence-corrected chi connectivity index (χ3v) is 4.27. The minimum Gasteiger partial charge on any atom is -0.326 e. The molecular weight excluding hydrogens is 184 g/mol. The van der Waals surface area contributed by atoms with E-state index in [0.717, 1.165) is 0 Å². The summed E-state index contributed by atoms with van der Waals surface area (Å²) in [6.45, 7) is 8.39. The Balaban J connectivity index is 1.54. The zero-order valence-corrected chi connectivity index (χ0v) is 10.4. The Bertz CT molecular complexity index is 179. The lowest BCUT2D eigenvalue weighted by atomic mass is 10.2. The van der Waals surface area contributed by atoms with Crippen molar-refractivity contribution in [2.45, 2.75) is 38.5 Å². The molecule has 2 heteroatoms. The van der Waals surface area contributed by atoms with Crippen LogP contribution in [0.4, 0.5) is 0 Å². The van der Waals surface area contributed by atoms with Crippen LogP contribution in [0.5, 0.6) is 0 Å².